The highest BCUT2D eigenvalue weighted by Gasteiger charge is 2.21. The number of nitrogens with two attached hydrogens (primary N) is 1. The number of rotatable bonds is 6. The number of imidazole rings is 1. The van der Waals surface area contributed by atoms with E-state index in [1.165, 1.54) is 16.5 Å². The first-order valence-corrected chi connectivity index (χ1v) is 11.2. The van der Waals surface area contributed by atoms with Crippen LogP contribution in [0.5, 0.6) is 0 Å². The lowest BCUT2D eigenvalue weighted by Crippen LogP contribution is -2.41. The number of para-hydroxylation sites is 2. The van der Waals surface area contributed by atoms with Gasteiger partial charge in [-0.25, -0.2) is 4.98 Å². The molecule has 1 aliphatic rings. The van der Waals surface area contributed by atoms with Gasteiger partial charge in [0, 0.05) is 43.8 Å². The van der Waals surface area contributed by atoms with E-state index in [-0.39, 0.29) is 0 Å². The third-order valence-electron chi connectivity index (χ3n) is 6.39. The summed E-state index contributed by atoms with van der Waals surface area (Å²) in [5.74, 6) is 0.953. The molecule has 0 aliphatic carbocycles. The quantitative estimate of drug-likeness (QED) is 0.502. The van der Waals surface area contributed by atoms with Gasteiger partial charge in [-0.1, -0.05) is 36.4 Å². The minimum absolute atomic E-state index is 0.426. The summed E-state index contributed by atoms with van der Waals surface area (Å²) in [6.07, 6.45) is 4.09. The second kappa shape index (κ2) is 8.65. The Kier molecular flexibility index (Phi) is 5.57. The monoisotopic (exact) mass is 414 g/mol. The third-order valence-corrected chi connectivity index (χ3v) is 6.39. The van der Waals surface area contributed by atoms with E-state index in [1.807, 2.05) is 12.3 Å². The van der Waals surface area contributed by atoms with Gasteiger partial charge >= 0.3 is 0 Å². The SMILES string of the molecule is Cc1cccc2c1nc(NC1CCN(CCN)CC1)n2Cc1cccc2cccnc12. The van der Waals surface area contributed by atoms with Gasteiger partial charge in [-0.05, 0) is 43.0 Å². The zero-order valence-corrected chi connectivity index (χ0v) is 18.1. The lowest BCUT2D eigenvalue weighted by atomic mass is 10.1. The van der Waals surface area contributed by atoms with Gasteiger partial charge in [0.05, 0.1) is 23.1 Å². The lowest BCUT2D eigenvalue weighted by molar-refractivity contribution is 0.224. The van der Waals surface area contributed by atoms with E-state index in [1.54, 1.807) is 0 Å². The maximum absolute atomic E-state index is 5.73. The third kappa shape index (κ3) is 4.01. The van der Waals surface area contributed by atoms with Gasteiger partial charge in [0.1, 0.15) is 0 Å². The standard InChI is InChI=1S/C25H30N6/c1-18-5-2-9-22-23(18)29-25(28-21-10-14-30(15-11-21)16-12-26)31(22)17-20-7-3-6-19-8-4-13-27-24(19)20/h2-9,13,21H,10-12,14-17,26H2,1H3,(H,28,29). The minimum Gasteiger partial charge on any atom is -0.353 e. The van der Waals surface area contributed by atoms with Crippen LogP contribution in [0.3, 0.4) is 0 Å². The molecule has 5 rings (SSSR count). The number of hydrogen-bond donors (Lipinski definition) is 2. The molecule has 3 heterocycles. The van der Waals surface area contributed by atoms with Crippen molar-refractivity contribution in [3.63, 3.8) is 0 Å². The van der Waals surface area contributed by atoms with Crippen molar-refractivity contribution in [2.75, 3.05) is 31.5 Å². The van der Waals surface area contributed by atoms with Crippen molar-refractivity contribution in [3.8, 4) is 0 Å². The number of anilines is 1. The van der Waals surface area contributed by atoms with E-state index in [2.05, 4.69) is 69.2 Å². The highest BCUT2D eigenvalue weighted by molar-refractivity contribution is 5.84. The lowest BCUT2D eigenvalue weighted by Gasteiger charge is -2.32. The molecule has 31 heavy (non-hydrogen) atoms. The fourth-order valence-electron chi connectivity index (χ4n) is 4.69. The van der Waals surface area contributed by atoms with Crippen LogP contribution < -0.4 is 11.1 Å². The smallest absolute Gasteiger partial charge is 0.204 e. The normalized spacial score (nSPS) is 15.7. The van der Waals surface area contributed by atoms with E-state index >= 15 is 0 Å². The molecule has 6 nitrogen and oxygen atoms in total. The van der Waals surface area contributed by atoms with Crippen molar-refractivity contribution in [3.05, 3.63) is 65.9 Å². The summed E-state index contributed by atoms with van der Waals surface area (Å²) in [5.41, 5.74) is 11.4. The predicted octanol–water partition coefficient (Wildman–Crippen LogP) is 3.78. The molecule has 0 radical (unpaired) electrons. The Morgan fingerprint density at radius 1 is 1.03 bits per heavy atom. The summed E-state index contributed by atoms with van der Waals surface area (Å²) in [4.78, 5) is 12.1. The highest BCUT2D eigenvalue weighted by Crippen LogP contribution is 2.27. The molecule has 0 atom stereocenters. The van der Waals surface area contributed by atoms with Crippen molar-refractivity contribution < 1.29 is 0 Å². The van der Waals surface area contributed by atoms with Crippen molar-refractivity contribution in [2.45, 2.75) is 32.4 Å². The van der Waals surface area contributed by atoms with Gasteiger partial charge in [-0.2, -0.15) is 0 Å². The number of piperidine rings is 1. The molecule has 2 aromatic heterocycles. The largest absolute Gasteiger partial charge is 0.353 e. The number of fused-ring (bicyclic) bond motifs is 2. The van der Waals surface area contributed by atoms with E-state index in [9.17, 15) is 0 Å². The first-order chi connectivity index (χ1) is 15.2. The number of benzene rings is 2. The fourth-order valence-corrected chi connectivity index (χ4v) is 4.69. The molecule has 1 saturated heterocycles. The number of nitrogens with zero attached hydrogens (tertiary/aromatic N) is 4. The Morgan fingerprint density at radius 3 is 2.68 bits per heavy atom. The van der Waals surface area contributed by atoms with Gasteiger partial charge in [0.25, 0.3) is 0 Å². The molecule has 2 aromatic carbocycles. The van der Waals surface area contributed by atoms with Crippen LogP contribution in [0.1, 0.15) is 24.0 Å². The first kappa shape index (κ1) is 20.0. The second-order valence-electron chi connectivity index (χ2n) is 8.51. The zero-order valence-electron chi connectivity index (χ0n) is 18.1. The summed E-state index contributed by atoms with van der Waals surface area (Å²) >= 11 is 0. The summed E-state index contributed by atoms with van der Waals surface area (Å²) in [6.45, 7) is 6.75. The Bertz CT molecular complexity index is 1180. The van der Waals surface area contributed by atoms with Crippen LogP contribution in [0, 0.1) is 6.92 Å². The van der Waals surface area contributed by atoms with Crippen LogP contribution >= 0.6 is 0 Å². The second-order valence-corrected chi connectivity index (χ2v) is 8.51. The average Bonchev–Trinajstić information content (AvgIpc) is 3.14. The van der Waals surface area contributed by atoms with Gasteiger partial charge in [-0.3, -0.25) is 4.98 Å². The molecule has 0 unspecified atom stereocenters. The summed E-state index contributed by atoms with van der Waals surface area (Å²) in [5, 5.41) is 4.94. The maximum atomic E-state index is 5.73. The van der Waals surface area contributed by atoms with E-state index in [0.29, 0.717) is 6.04 Å². The van der Waals surface area contributed by atoms with Crippen molar-refractivity contribution in [1.29, 1.82) is 0 Å². The Hall–Kier alpha value is -2.96. The number of hydrogen-bond acceptors (Lipinski definition) is 5. The van der Waals surface area contributed by atoms with E-state index in [4.69, 9.17) is 10.7 Å². The fraction of sp³-hybridized carbons (Fsp3) is 0.360. The van der Waals surface area contributed by atoms with Crippen LogP contribution in [0.25, 0.3) is 21.9 Å². The molecule has 0 saturated carbocycles. The van der Waals surface area contributed by atoms with Crippen LogP contribution in [0.2, 0.25) is 0 Å². The average molecular weight is 415 g/mol. The summed E-state index contributed by atoms with van der Waals surface area (Å²) < 4.78 is 2.32. The van der Waals surface area contributed by atoms with E-state index in [0.717, 1.165) is 68.1 Å². The molecule has 160 valence electrons. The topological polar surface area (TPSA) is 72.0 Å². The molecule has 0 bridgehead atoms. The molecular formula is C25H30N6. The molecule has 1 fully saturated rings. The number of aryl methyl sites for hydroxylation is 1. The molecular weight excluding hydrogens is 384 g/mol. The Balaban J connectivity index is 1.49. The number of nitrogens with one attached hydrogen (secondary N) is 1. The van der Waals surface area contributed by atoms with Gasteiger partial charge in [-0.15, -0.1) is 0 Å². The van der Waals surface area contributed by atoms with Crippen LogP contribution in [0.4, 0.5) is 5.95 Å². The van der Waals surface area contributed by atoms with Crippen LogP contribution in [-0.4, -0.2) is 51.7 Å². The molecule has 1 aliphatic heterocycles. The molecule has 6 heteroatoms. The molecule has 0 spiro atoms. The summed E-state index contributed by atoms with van der Waals surface area (Å²) in [6, 6.07) is 17.4. The van der Waals surface area contributed by atoms with Gasteiger partial charge in [0.2, 0.25) is 5.95 Å². The van der Waals surface area contributed by atoms with E-state index < -0.39 is 0 Å². The Morgan fingerprint density at radius 2 is 1.84 bits per heavy atom. The van der Waals surface area contributed by atoms with Crippen LogP contribution in [0.15, 0.2) is 54.7 Å². The number of aromatic nitrogens is 3. The minimum atomic E-state index is 0.426. The number of likely N-dealkylation sites (tertiary alicyclic amines) is 1. The molecule has 4 aromatic rings. The number of pyridine rings is 1. The predicted molar refractivity (Wildman–Crippen MR) is 127 cm³/mol. The first-order valence-electron chi connectivity index (χ1n) is 11.2. The highest BCUT2D eigenvalue weighted by atomic mass is 15.2. The van der Waals surface area contributed by atoms with Crippen molar-refractivity contribution in [1.82, 2.24) is 19.4 Å². The molecule has 0 amide bonds. The van der Waals surface area contributed by atoms with Crippen molar-refractivity contribution in [2.24, 2.45) is 5.73 Å². The van der Waals surface area contributed by atoms with Gasteiger partial charge < -0.3 is 20.5 Å². The maximum Gasteiger partial charge on any atom is 0.204 e. The summed E-state index contributed by atoms with van der Waals surface area (Å²) in [7, 11) is 0. The van der Waals surface area contributed by atoms with Crippen LogP contribution in [-0.2, 0) is 6.54 Å². The van der Waals surface area contributed by atoms with Crippen molar-refractivity contribution >= 4 is 27.9 Å². The molecule has 3 N–H and O–H groups in total. The van der Waals surface area contributed by atoms with Gasteiger partial charge in [0.15, 0.2) is 0 Å². The Labute approximate surface area is 183 Å². The zero-order chi connectivity index (χ0) is 21.2.